The average molecular weight is 370 g/mol. The van der Waals surface area contributed by atoms with E-state index in [4.69, 9.17) is 9.47 Å². The Morgan fingerprint density at radius 3 is 1.19 bits per heavy atom. The minimum atomic E-state index is 0.468. The summed E-state index contributed by atoms with van der Waals surface area (Å²) in [5.74, 6) is 0. The van der Waals surface area contributed by atoms with Gasteiger partial charge in [-0.2, -0.15) is 0 Å². The molecule has 0 fully saturated rings. The van der Waals surface area contributed by atoms with Crippen molar-refractivity contribution in [2.24, 2.45) is 4.99 Å². The summed E-state index contributed by atoms with van der Waals surface area (Å²) in [5.41, 5.74) is 0. The van der Waals surface area contributed by atoms with Gasteiger partial charge in [0.05, 0.1) is 13.2 Å². The molecule has 0 rings (SSSR count). The Labute approximate surface area is 164 Å². The van der Waals surface area contributed by atoms with Gasteiger partial charge in [0.2, 0.25) is 0 Å². The molecule has 0 atom stereocenters. The molecule has 0 aliphatic rings. The van der Waals surface area contributed by atoms with E-state index in [2.05, 4.69) is 11.9 Å². The molecule has 0 unspecified atom stereocenters. The van der Waals surface area contributed by atoms with Gasteiger partial charge in [-0.15, -0.1) is 0 Å². The molecule has 0 aromatic rings. The van der Waals surface area contributed by atoms with Crippen molar-refractivity contribution in [3.8, 4) is 0 Å². The van der Waals surface area contributed by atoms with E-state index in [0.29, 0.717) is 19.3 Å². The summed E-state index contributed by atoms with van der Waals surface area (Å²) in [6.45, 7) is 8.28. The maximum Gasteiger partial charge on any atom is 0.383 e. The Morgan fingerprint density at radius 1 is 0.500 bits per heavy atom. The topological polar surface area (TPSA) is 30.8 Å². The normalized spacial score (nSPS) is 10.7. The molecule has 0 aliphatic carbocycles. The van der Waals surface area contributed by atoms with E-state index < -0.39 is 0 Å². The predicted octanol–water partition coefficient (Wildman–Crippen LogP) is 7.68. The van der Waals surface area contributed by atoms with Gasteiger partial charge in [-0.1, -0.05) is 103 Å². The highest BCUT2D eigenvalue weighted by Gasteiger charge is 1.98. The van der Waals surface area contributed by atoms with Crippen LogP contribution in [0.1, 0.15) is 124 Å². The van der Waals surface area contributed by atoms with Crippen LogP contribution in [0.3, 0.4) is 0 Å². The minimum Gasteiger partial charge on any atom is -0.451 e. The Bertz CT molecular complexity index is 284. The van der Waals surface area contributed by atoms with Crippen LogP contribution in [0.5, 0.6) is 0 Å². The van der Waals surface area contributed by atoms with Gasteiger partial charge in [0.1, 0.15) is 0 Å². The van der Waals surface area contributed by atoms with Gasteiger partial charge in [0.25, 0.3) is 0 Å². The maximum absolute atomic E-state index is 5.34. The van der Waals surface area contributed by atoms with Crippen molar-refractivity contribution in [2.75, 3.05) is 19.8 Å². The van der Waals surface area contributed by atoms with Crippen molar-refractivity contribution in [1.29, 1.82) is 0 Å². The first-order chi connectivity index (χ1) is 12.8. The molecule has 0 spiro atoms. The molecule has 0 bridgehead atoms. The van der Waals surface area contributed by atoms with Crippen molar-refractivity contribution in [1.82, 2.24) is 0 Å². The Balaban J connectivity index is 3.20. The lowest BCUT2D eigenvalue weighted by Gasteiger charge is -2.07. The van der Waals surface area contributed by atoms with Gasteiger partial charge in [-0.25, -0.2) is 4.99 Å². The van der Waals surface area contributed by atoms with E-state index in [1.165, 1.54) is 96.3 Å². The highest BCUT2D eigenvalue weighted by atomic mass is 16.7. The fraction of sp³-hybridized carbons (Fsp3) is 0.957. The van der Waals surface area contributed by atoms with Crippen LogP contribution in [0.15, 0.2) is 4.99 Å². The smallest absolute Gasteiger partial charge is 0.383 e. The number of rotatable bonds is 19. The van der Waals surface area contributed by atoms with Crippen molar-refractivity contribution in [3.05, 3.63) is 0 Å². The van der Waals surface area contributed by atoms with Crippen molar-refractivity contribution in [3.63, 3.8) is 0 Å². The third-order valence-electron chi connectivity index (χ3n) is 4.79. The van der Waals surface area contributed by atoms with Crippen LogP contribution < -0.4 is 0 Å². The second-order valence-corrected chi connectivity index (χ2v) is 7.32. The molecule has 0 radical (unpaired) electrons. The molecule has 0 N–H and O–H groups in total. The van der Waals surface area contributed by atoms with Gasteiger partial charge in [-0.3, -0.25) is 0 Å². The lowest BCUT2D eigenvalue weighted by Crippen LogP contribution is -2.10. The second kappa shape index (κ2) is 22.3. The lowest BCUT2D eigenvalue weighted by atomic mass is 10.0. The first-order valence-corrected chi connectivity index (χ1v) is 11.6. The fourth-order valence-corrected chi connectivity index (χ4v) is 3.21. The highest BCUT2D eigenvalue weighted by Crippen LogP contribution is 2.13. The summed E-state index contributed by atoms with van der Waals surface area (Å²) in [7, 11) is 0. The van der Waals surface area contributed by atoms with E-state index in [-0.39, 0.29) is 0 Å². The molecule has 0 aromatic heterocycles. The molecular formula is C23H47NO2. The van der Waals surface area contributed by atoms with Crippen LogP contribution in [-0.2, 0) is 9.47 Å². The monoisotopic (exact) mass is 369 g/mol. The number of nitrogens with zero attached hydrogens (tertiary/aromatic N) is 1. The number of hydrogen-bond acceptors (Lipinski definition) is 3. The fourth-order valence-electron chi connectivity index (χ4n) is 3.21. The summed E-state index contributed by atoms with van der Waals surface area (Å²) >= 11 is 0. The summed E-state index contributed by atoms with van der Waals surface area (Å²) in [6, 6.07) is 0. The van der Waals surface area contributed by atoms with Gasteiger partial charge < -0.3 is 9.47 Å². The Morgan fingerprint density at radius 2 is 0.846 bits per heavy atom. The quantitative estimate of drug-likeness (QED) is 0.133. The first-order valence-electron chi connectivity index (χ1n) is 11.6. The third kappa shape index (κ3) is 19.6. The van der Waals surface area contributed by atoms with Crippen LogP contribution >= 0.6 is 0 Å². The molecule has 0 heterocycles. The average Bonchev–Trinajstić information content (AvgIpc) is 2.64. The summed E-state index contributed by atoms with van der Waals surface area (Å²) in [5, 5.41) is 0. The molecule has 0 amide bonds. The molecular weight excluding hydrogens is 322 g/mol. The van der Waals surface area contributed by atoms with E-state index in [0.717, 1.165) is 13.0 Å². The number of unbranched alkanes of at least 4 members (excludes halogenated alkanes) is 15. The minimum absolute atomic E-state index is 0.468. The zero-order chi connectivity index (χ0) is 19.1. The number of aliphatic imine (C=N–C) groups is 1. The Kier molecular flexibility index (Phi) is 21.7. The van der Waals surface area contributed by atoms with Crippen LogP contribution in [0.4, 0.5) is 0 Å². The van der Waals surface area contributed by atoms with Crippen LogP contribution in [0, 0.1) is 0 Å². The van der Waals surface area contributed by atoms with Crippen molar-refractivity contribution < 1.29 is 9.47 Å². The summed E-state index contributed by atoms with van der Waals surface area (Å²) in [6.07, 6.45) is 22.8. The molecule has 26 heavy (non-hydrogen) atoms. The molecule has 3 nitrogen and oxygen atoms in total. The van der Waals surface area contributed by atoms with E-state index >= 15 is 0 Å². The van der Waals surface area contributed by atoms with Gasteiger partial charge >= 0.3 is 6.08 Å². The van der Waals surface area contributed by atoms with Crippen LogP contribution in [0.25, 0.3) is 0 Å². The Hall–Kier alpha value is -0.730. The maximum atomic E-state index is 5.34. The second-order valence-electron chi connectivity index (χ2n) is 7.32. The number of ether oxygens (including phenoxy) is 2. The largest absolute Gasteiger partial charge is 0.451 e. The zero-order valence-corrected chi connectivity index (χ0v) is 18.2. The summed E-state index contributed by atoms with van der Waals surface area (Å²) < 4.78 is 10.7. The first kappa shape index (κ1) is 25.3. The van der Waals surface area contributed by atoms with Crippen molar-refractivity contribution >= 4 is 6.08 Å². The number of hydrogen-bond donors (Lipinski definition) is 0. The van der Waals surface area contributed by atoms with Crippen molar-refractivity contribution in [2.45, 2.75) is 124 Å². The van der Waals surface area contributed by atoms with E-state index in [1.54, 1.807) is 0 Å². The van der Waals surface area contributed by atoms with Crippen LogP contribution in [-0.4, -0.2) is 25.8 Å². The van der Waals surface area contributed by atoms with E-state index in [1.807, 2.05) is 13.8 Å². The summed E-state index contributed by atoms with van der Waals surface area (Å²) in [4.78, 5) is 4.38. The molecule has 0 aromatic carbocycles. The van der Waals surface area contributed by atoms with E-state index in [9.17, 15) is 0 Å². The van der Waals surface area contributed by atoms with Gasteiger partial charge in [-0.05, 0) is 20.3 Å². The van der Waals surface area contributed by atoms with Gasteiger partial charge in [0.15, 0.2) is 0 Å². The lowest BCUT2D eigenvalue weighted by molar-refractivity contribution is 0.179. The van der Waals surface area contributed by atoms with Gasteiger partial charge in [0, 0.05) is 6.54 Å². The third-order valence-corrected chi connectivity index (χ3v) is 4.79. The standard InChI is InChI=1S/C23H47NO2/c1-4-7-8-9-10-11-12-13-14-15-16-17-18-19-20-21-22-24-23(25-5-2)26-6-3/h4-22H2,1-3H3. The molecule has 3 heteroatoms. The van der Waals surface area contributed by atoms with Crippen LogP contribution in [0.2, 0.25) is 0 Å². The predicted molar refractivity (Wildman–Crippen MR) is 115 cm³/mol. The SMILES string of the molecule is CCCCCCCCCCCCCCCCCCN=C(OCC)OCC. The molecule has 0 saturated carbocycles. The molecule has 156 valence electrons. The molecule has 0 saturated heterocycles. The highest BCUT2D eigenvalue weighted by molar-refractivity contribution is 5.66. The zero-order valence-electron chi connectivity index (χ0n) is 18.2. The molecule has 0 aliphatic heterocycles.